The smallest absolute Gasteiger partial charge is 0.294 e. The molecule has 0 radical (unpaired) electrons. The van der Waals surface area contributed by atoms with E-state index in [1.165, 1.54) is 4.68 Å². The van der Waals surface area contributed by atoms with Crippen LogP contribution in [0.4, 0.5) is 11.4 Å². The lowest BCUT2D eigenvalue weighted by Crippen LogP contribution is -2.27. The van der Waals surface area contributed by atoms with Crippen molar-refractivity contribution in [3.8, 4) is 5.75 Å². The second-order valence-corrected chi connectivity index (χ2v) is 7.57. The summed E-state index contributed by atoms with van der Waals surface area (Å²) >= 11 is 0. The second kappa shape index (κ2) is 10.4. The second-order valence-electron chi connectivity index (χ2n) is 7.57. The normalized spacial score (nSPS) is 10.7. The van der Waals surface area contributed by atoms with Gasteiger partial charge in [0, 0.05) is 17.8 Å². The highest BCUT2D eigenvalue weighted by Crippen LogP contribution is 2.23. The Kier molecular flexibility index (Phi) is 7.43. The number of carbonyl (C=O) groups excluding carboxylic acids is 1. The molecule has 7 heteroatoms. The topological polar surface area (TPSA) is 85.2 Å². The molecule has 0 saturated carbocycles. The van der Waals surface area contributed by atoms with Gasteiger partial charge in [-0.25, -0.2) is 4.68 Å². The van der Waals surface area contributed by atoms with Crippen molar-refractivity contribution in [2.75, 3.05) is 18.5 Å². The number of amides is 1. The van der Waals surface area contributed by atoms with Gasteiger partial charge in [0.2, 0.25) is 0 Å². The van der Waals surface area contributed by atoms with Gasteiger partial charge >= 0.3 is 0 Å². The van der Waals surface area contributed by atoms with Crippen LogP contribution in [-0.2, 0) is 6.54 Å². The molecule has 1 amide bonds. The minimum atomic E-state index is -0.284. The van der Waals surface area contributed by atoms with E-state index < -0.39 is 0 Å². The van der Waals surface area contributed by atoms with Crippen molar-refractivity contribution in [1.29, 1.82) is 0 Å². The molecule has 2 N–H and O–H groups in total. The first kappa shape index (κ1) is 22.1. The molecule has 0 spiro atoms. The zero-order chi connectivity index (χ0) is 22.2. The molecule has 0 saturated heterocycles. The van der Waals surface area contributed by atoms with Gasteiger partial charge in [0.25, 0.3) is 11.5 Å². The molecule has 7 nitrogen and oxygen atoms in total. The molecule has 1 heterocycles. The van der Waals surface area contributed by atoms with Crippen molar-refractivity contribution in [3.05, 3.63) is 82.3 Å². The van der Waals surface area contributed by atoms with Gasteiger partial charge in [-0.05, 0) is 42.7 Å². The molecule has 0 aliphatic rings. The predicted octanol–water partition coefficient (Wildman–Crippen LogP) is 3.82. The van der Waals surface area contributed by atoms with Crippen molar-refractivity contribution in [2.24, 2.45) is 5.92 Å². The number of hydrogen-bond donors (Lipinski definition) is 2. The summed E-state index contributed by atoms with van der Waals surface area (Å²) in [5.41, 5.74) is 2.24. The van der Waals surface area contributed by atoms with Crippen molar-refractivity contribution in [1.82, 2.24) is 15.1 Å². The van der Waals surface area contributed by atoms with Crippen LogP contribution in [0.3, 0.4) is 0 Å². The van der Waals surface area contributed by atoms with Gasteiger partial charge in [0.1, 0.15) is 0 Å². The minimum absolute atomic E-state index is 0.121. The highest BCUT2D eigenvalue weighted by atomic mass is 16.5. The van der Waals surface area contributed by atoms with E-state index in [0.29, 0.717) is 48.3 Å². The summed E-state index contributed by atoms with van der Waals surface area (Å²) in [7, 11) is 0. The summed E-state index contributed by atoms with van der Waals surface area (Å²) < 4.78 is 7.01. The van der Waals surface area contributed by atoms with Crippen LogP contribution in [0.5, 0.6) is 5.75 Å². The molecular formula is C24H28N4O3. The Morgan fingerprint density at radius 2 is 1.81 bits per heavy atom. The summed E-state index contributed by atoms with van der Waals surface area (Å²) in [6, 6.07) is 16.6. The summed E-state index contributed by atoms with van der Waals surface area (Å²) in [6.45, 7) is 7.33. The SMILES string of the molecule is CCOc1cnn(Cc2ccccc2)c(=O)c1Nc1ccc(C(=O)NCC(C)C)cc1. The minimum Gasteiger partial charge on any atom is -0.490 e. The van der Waals surface area contributed by atoms with Crippen LogP contribution in [0.25, 0.3) is 0 Å². The number of carbonyl (C=O) groups is 1. The highest BCUT2D eigenvalue weighted by Gasteiger charge is 2.14. The van der Waals surface area contributed by atoms with Crippen molar-refractivity contribution in [3.63, 3.8) is 0 Å². The van der Waals surface area contributed by atoms with Gasteiger partial charge in [-0.1, -0.05) is 44.2 Å². The van der Waals surface area contributed by atoms with E-state index in [1.807, 2.05) is 51.1 Å². The fraction of sp³-hybridized carbons (Fsp3) is 0.292. The third-order valence-corrected chi connectivity index (χ3v) is 4.57. The van der Waals surface area contributed by atoms with E-state index in [1.54, 1.807) is 30.5 Å². The average Bonchev–Trinajstić information content (AvgIpc) is 2.77. The van der Waals surface area contributed by atoms with E-state index in [0.717, 1.165) is 5.56 Å². The number of anilines is 2. The summed E-state index contributed by atoms with van der Waals surface area (Å²) in [5.74, 6) is 0.645. The summed E-state index contributed by atoms with van der Waals surface area (Å²) in [4.78, 5) is 25.3. The van der Waals surface area contributed by atoms with Crippen LogP contribution in [0.15, 0.2) is 65.6 Å². The monoisotopic (exact) mass is 420 g/mol. The first-order valence-corrected chi connectivity index (χ1v) is 10.4. The molecule has 0 bridgehead atoms. The van der Waals surface area contributed by atoms with Crippen LogP contribution in [0, 0.1) is 5.92 Å². The molecule has 162 valence electrons. The van der Waals surface area contributed by atoms with Gasteiger partial charge in [-0.15, -0.1) is 0 Å². The lowest BCUT2D eigenvalue weighted by Gasteiger charge is -2.14. The molecular weight excluding hydrogens is 392 g/mol. The van der Waals surface area contributed by atoms with Crippen LogP contribution in [0.2, 0.25) is 0 Å². The third-order valence-electron chi connectivity index (χ3n) is 4.57. The first-order valence-electron chi connectivity index (χ1n) is 10.4. The van der Waals surface area contributed by atoms with E-state index in [4.69, 9.17) is 4.74 Å². The number of aromatic nitrogens is 2. The lowest BCUT2D eigenvalue weighted by molar-refractivity contribution is 0.0949. The van der Waals surface area contributed by atoms with E-state index in [-0.39, 0.29) is 11.5 Å². The number of ether oxygens (including phenoxy) is 1. The molecule has 0 atom stereocenters. The summed E-state index contributed by atoms with van der Waals surface area (Å²) in [5, 5.41) is 10.3. The van der Waals surface area contributed by atoms with Gasteiger partial charge in [0.15, 0.2) is 11.4 Å². The molecule has 31 heavy (non-hydrogen) atoms. The largest absolute Gasteiger partial charge is 0.490 e. The number of nitrogens with zero attached hydrogens (tertiary/aromatic N) is 2. The molecule has 0 fully saturated rings. The Labute approximate surface area is 182 Å². The molecule has 3 rings (SSSR count). The van der Waals surface area contributed by atoms with E-state index in [2.05, 4.69) is 15.7 Å². The fourth-order valence-corrected chi connectivity index (χ4v) is 2.97. The van der Waals surface area contributed by atoms with Gasteiger partial charge in [-0.3, -0.25) is 9.59 Å². The Bertz CT molecular complexity index is 1060. The average molecular weight is 421 g/mol. The lowest BCUT2D eigenvalue weighted by atomic mass is 10.1. The van der Waals surface area contributed by atoms with Crippen molar-refractivity contribution < 1.29 is 9.53 Å². The highest BCUT2D eigenvalue weighted by molar-refractivity contribution is 5.94. The van der Waals surface area contributed by atoms with Gasteiger partial charge in [-0.2, -0.15) is 5.10 Å². The number of benzene rings is 2. The molecule has 0 aliphatic carbocycles. The molecule has 3 aromatic rings. The standard InChI is InChI=1S/C24H28N4O3/c1-4-31-21-15-26-28(16-18-8-6-5-7-9-18)24(30)22(21)27-20-12-10-19(11-13-20)23(29)25-14-17(2)3/h5-13,15,17,27H,4,14,16H2,1-3H3,(H,25,29). The Balaban J connectivity index is 1.83. The fourth-order valence-electron chi connectivity index (χ4n) is 2.97. The summed E-state index contributed by atoms with van der Waals surface area (Å²) in [6.07, 6.45) is 1.55. The number of rotatable bonds is 9. The first-order chi connectivity index (χ1) is 15.0. The number of hydrogen-bond acceptors (Lipinski definition) is 5. The van der Waals surface area contributed by atoms with Crippen LogP contribution >= 0.6 is 0 Å². The van der Waals surface area contributed by atoms with E-state index in [9.17, 15) is 9.59 Å². The Morgan fingerprint density at radius 1 is 1.10 bits per heavy atom. The molecule has 1 aromatic heterocycles. The molecule has 0 aliphatic heterocycles. The Hall–Kier alpha value is -3.61. The zero-order valence-corrected chi connectivity index (χ0v) is 18.1. The van der Waals surface area contributed by atoms with E-state index >= 15 is 0 Å². The maximum Gasteiger partial charge on any atom is 0.294 e. The Morgan fingerprint density at radius 3 is 2.45 bits per heavy atom. The maximum atomic E-state index is 13.1. The quantitative estimate of drug-likeness (QED) is 0.550. The van der Waals surface area contributed by atoms with Crippen LogP contribution < -0.4 is 20.9 Å². The van der Waals surface area contributed by atoms with Crippen molar-refractivity contribution >= 4 is 17.3 Å². The molecule has 2 aromatic carbocycles. The van der Waals surface area contributed by atoms with Gasteiger partial charge in [0.05, 0.1) is 19.3 Å². The maximum absolute atomic E-state index is 13.1. The number of nitrogens with one attached hydrogen (secondary N) is 2. The van der Waals surface area contributed by atoms with Crippen LogP contribution in [0.1, 0.15) is 36.7 Å². The van der Waals surface area contributed by atoms with Gasteiger partial charge < -0.3 is 15.4 Å². The predicted molar refractivity (Wildman–Crippen MR) is 122 cm³/mol. The zero-order valence-electron chi connectivity index (χ0n) is 18.1. The van der Waals surface area contributed by atoms with Crippen LogP contribution in [-0.4, -0.2) is 28.8 Å². The third kappa shape index (κ3) is 5.94. The molecule has 0 unspecified atom stereocenters. The van der Waals surface area contributed by atoms with Crippen molar-refractivity contribution in [2.45, 2.75) is 27.3 Å².